The molecule has 0 fully saturated rings. The van der Waals surface area contributed by atoms with Crippen LogP contribution in [-0.4, -0.2) is 0 Å². The van der Waals surface area contributed by atoms with E-state index in [0.717, 1.165) is 21.2 Å². The summed E-state index contributed by atoms with van der Waals surface area (Å²) in [7, 11) is 0. The maximum Gasteiger partial charge on any atom is 0.0994 e. The Balaban J connectivity index is 2.65. The minimum atomic E-state index is 0.695. The van der Waals surface area contributed by atoms with E-state index >= 15 is 0 Å². The van der Waals surface area contributed by atoms with Crippen molar-refractivity contribution >= 4 is 21.6 Å². The van der Waals surface area contributed by atoms with Crippen LogP contribution in [0.3, 0.4) is 0 Å². The van der Waals surface area contributed by atoms with Crippen LogP contribution in [0.1, 0.15) is 11.1 Å². The number of hydrogen-bond acceptors (Lipinski definition) is 2. The Kier molecular flexibility index (Phi) is 3.16. The average Bonchev–Trinajstić information content (AvgIpc) is 2.28. The summed E-state index contributed by atoms with van der Waals surface area (Å²) in [6.45, 7) is 1.95. The number of benzene rings is 2. The maximum absolute atomic E-state index is 9.02. The highest BCUT2D eigenvalue weighted by Crippen LogP contribution is 2.29. The molecule has 0 heterocycles. The molecule has 0 aliphatic carbocycles. The Hall–Kier alpha value is -1.79. The number of anilines is 1. The van der Waals surface area contributed by atoms with E-state index in [2.05, 4.69) is 22.0 Å². The first-order valence-corrected chi connectivity index (χ1v) is 5.97. The van der Waals surface area contributed by atoms with Gasteiger partial charge in [0.1, 0.15) is 0 Å². The summed E-state index contributed by atoms with van der Waals surface area (Å²) in [5.41, 5.74) is 10.3. The summed E-state index contributed by atoms with van der Waals surface area (Å²) >= 11 is 3.43. The van der Waals surface area contributed by atoms with Crippen LogP contribution in [0.2, 0.25) is 0 Å². The molecule has 0 saturated carbocycles. The largest absolute Gasteiger partial charge is 0.399 e. The fourth-order valence-electron chi connectivity index (χ4n) is 1.84. The molecule has 84 valence electrons. The van der Waals surface area contributed by atoms with E-state index in [9.17, 15) is 0 Å². The Morgan fingerprint density at radius 2 is 2.00 bits per heavy atom. The smallest absolute Gasteiger partial charge is 0.0994 e. The van der Waals surface area contributed by atoms with Gasteiger partial charge in [0.15, 0.2) is 0 Å². The van der Waals surface area contributed by atoms with E-state index in [1.165, 1.54) is 0 Å². The molecule has 3 heteroatoms. The lowest BCUT2D eigenvalue weighted by atomic mass is 9.97. The zero-order chi connectivity index (χ0) is 12.4. The fraction of sp³-hybridized carbons (Fsp3) is 0.0714. The number of nitrogens with two attached hydrogens (primary N) is 1. The van der Waals surface area contributed by atoms with Crippen LogP contribution in [-0.2, 0) is 0 Å². The summed E-state index contributed by atoms with van der Waals surface area (Å²) in [6, 6.07) is 13.7. The first-order valence-electron chi connectivity index (χ1n) is 5.18. The molecule has 2 nitrogen and oxygen atoms in total. The zero-order valence-corrected chi connectivity index (χ0v) is 11.0. The van der Waals surface area contributed by atoms with Gasteiger partial charge in [0, 0.05) is 10.2 Å². The van der Waals surface area contributed by atoms with E-state index in [0.29, 0.717) is 11.3 Å². The third-order valence-corrected chi connectivity index (χ3v) is 3.14. The van der Waals surface area contributed by atoms with Gasteiger partial charge in [-0.3, -0.25) is 0 Å². The summed E-state index contributed by atoms with van der Waals surface area (Å²) in [6.07, 6.45) is 0. The van der Waals surface area contributed by atoms with Crippen LogP contribution in [0.4, 0.5) is 5.69 Å². The molecule has 0 bridgehead atoms. The van der Waals surface area contributed by atoms with Gasteiger partial charge in [0.25, 0.3) is 0 Å². The van der Waals surface area contributed by atoms with Gasteiger partial charge in [0.2, 0.25) is 0 Å². The molecule has 2 aromatic rings. The molecule has 0 aliphatic heterocycles. The zero-order valence-electron chi connectivity index (χ0n) is 9.37. The summed E-state index contributed by atoms with van der Waals surface area (Å²) in [5.74, 6) is 0. The average molecular weight is 287 g/mol. The van der Waals surface area contributed by atoms with E-state index in [-0.39, 0.29) is 0 Å². The van der Waals surface area contributed by atoms with Crippen molar-refractivity contribution in [2.75, 3.05) is 5.73 Å². The normalized spacial score (nSPS) is 9.94. The number of rotatable bonds is 1. The van der Waals surface area contributed by atoms with Crippen molar-refractivity contribution in [1.82, 2.24) is 0 Å². The van der Waals surface area contributed by atoms with Gasteiger partial charge < -0.3 is 5.73 Å². The van der Waals surface area contributed by atoms with E-state index in [1.54, 1.807) is 0 Å². The van der Waals surface area contributed by atoms with Gasteiger partial charge in [-0.05, 0) is 47.9 Å². The molecular weight excluding hydrogens is 276 g/mol. The van der Waals surface area contributed by atoms with Crippen LogP contribution < -0.4 is 5.73 Å². The Morgan fingerprint density at radius 3 is 2.65 bits per heavy atom. The van der Waals surface area contributed by atoms with Gasteiger partial charge in [-0.1, -0.05) is 28.1 Å². The summed E-state index contributed by atoms with van der Waals surface area (Å²) < 4.78 is 0.939. The Morgan fingerprint density at radius 1 is 1.24 bits per heavy atom. The molecule has 17 heavy (non-hydrogen) atoms. The van der Waals surface area contributed by atoms with E-state index in [4.69, 9.17) is 11.0 Å². The minimum absolute atomic E-state index is 0.695. The van der Waals surface area contributed by atoms with Crippen molar-refractivity contribution in [3.8, 4) is 17.2 Å². The van der Waals surface area contributed by atoms with E-state index < -0.39 is 0 Å². The first kappa shape index (κ1) is 11.7. The molecule has 0 amide bonds. The van der Waals surface area contributed by atoms with Crippen LogP contribution in [0.5, 0.6) is 0 Å². The summed E-state index contributed by atoms with van der Waals surface area (Å²) in [4.78, 5) is 0. The van der Waals surface area contributed by atoms with Crippen molar-refractivity contribution in [3.63, 3.8) is 0 Å². The Labute approximate surface area is 109 Å². The Bertz CT molecular complexity index is 592. The molecule has 0 radical (unpaired) electrons. The first-order chi connectivity index (χ1) is 8.11. The van der Waals surface area contributed by atoms with Crippen LogP contribution in [0.15, 0.2) is 40.9 Å². The molecule has 0 aromatic heterocycles. The molecule has 2 N–H and O–H groups in total. The van der Waals surface area contributed by atoms with Crippen LogP contribution in [0.25, 0.3) is 11.1 Å². The van der Waals surface area contributed by atoms with Crippen molar-refractivity contribution in [1.29, 1.82) is 5.26 Å². The molecule has 0 saturated heterocycles. The third-order valence-electron chi connectivity index (χ3n) is 2.69. The van der Waals surface area contributed by atoms with Gasteiger partial charge in [-0.15, -0.1) is 0 Å². The monoisotopic (exact) mass is 286 g/mol. The molecule has 2 rings (SSSR count). The van der Waals surface area contributed by atoms with Gasteiger partial charge in [-0.25, -0.2) is 0 Å². The lowest BCUT2D eigenvalue weighted by Crippen LogP contribution is -1.90. The van der Waals surface area contributed by atoms with Gasteiger partial charge in [-0.2, -0.15) is 5.26 Å². The second kappa shape index (κ2) is 4.60. The molecule has 0 atom stereocenters. The molecule has 0 aliphatic rings. The molecule has 2 aromatic carbocycles. The van der Waals surface area contributed by atoms with Crippen molar-refractivity contribution in [2.45, 2.75) is 6.92 Å². The lowest BCUT2D eigenvalue weighted by Gasteiger charge is -2.09. The standard InChI is InChI=1S/C14H11BrN2/c1-9-10(8-16)3-2-4-14(9)11-5-12(15)7-13(17)6-11/h2-7H,17H2,1H3. The highest BCUT2D eigenvalue weighted by Gasteiger charge is 2.06. The van der Waals surface area contributed by atoms with Crippen LogP contribution >= 0.6 is 15.9 Å². The predicted octanol–water partition coefficient (Wildman–Crippen LogP) is 3.88. The number of halogens is 1. The van der Waals surface area contributed by atoms with Crippen molar-refractivity contribution in [3.05, 3.63) is 52.0 Å². The highest BCUT2D eigenvalue weighted by molar-refractivity contribution is 9.10. The number of nitrogen functional groups attached to an aromatic ring is 1. The minimum Gasteiger partial charge on any atom is -0.399 e. The van der Waals surface area contributed by atoms with Crippen LogP contribution in [0, 0.1) is 18.3 Å². The molecule has 0 spiro atoms. The lowest BCUT2D eigenvalue weighted by molar-refractivity contribution is 1.39. The topological polar surface area (TPSA) is 49.8 Å². The van der Waals surface area contributed by atoms with E-state index in [1.807, 2.05) is 43.3 Å². The van der Waals surface area contributed by atoms with Crippen molar-refractivity contribution in [2.24, 2.45) is 0 Å². The molecular formula is C14H11BrN2. The quantitative estimate of drug-likeness (QED) is 0.809. The second-order valence-corrected chi connectivity index (χ2v) is 4.78. The second-order valence-electron chi connectivity index (χ2n) is 3.86. The predicted molar refractivity (Wildman–Crippen MR) is 73.4 cm³/mol. The number of hydrogen-bond donors (Lipinski definition) is 1. The highest BCUT2D eigenvalue weighted by atomic mass is 79.9. The molecule has 0 unspecified atom stereocenters. The van der Waals surface area contributed by atoms with Gasteiger partial charge in [0.05, 0.1) is 11.6 Å². The summed E-state index contributed by atoms with van der Waals surface area (Å²) in [5, 5.41) is 9.02. The SMILES string of the molecule is Cc1c(C#N)cccc1-c1cc(N)cc(Br)c1. The number of nitriles is 1. The van der Waals surface area contributed by atoms with Gasteiger partial charge >= 0.3 is 0 Å². The maximum atomic E-state index is 9.02. The number of nitrogens with zero attached hydrogens (tertiary/aromatic N) is 1. The van der Waals surface area contributed by atoms with Crippen molar-refractivity contribution < 1.29 is 0 Å². The third kappa shape index (κ3) is 2.32. The fourth-order valence-corrected chi connectivity index (χ4v) is 2.35.